The summed E-state index contributed by atoms with van der Waals surface area (Å²) in [5, 5.41) is 4.81. The third-order valence-corrected chi connectivity index (χ3v) is 6.29. The van der Waals surface area contributed by atoms with Gasteiger partial charge in [0.2, 0.25) is 5.91 Å². The van der Waals surface area contributed by atoms with Gasteiger partial charge in [-0.3, -0.25) is 9.48 Å². The number of piperazine rings is 1. The topological polar surface area (TPSA) is 72.7 Å². The maximum atomic E-state index is 13.2. The minimum atomic E-state index is 0.0840. The number of nitrogens with zero attached hydrogens (tertiary/aromatic N) is 5. The number of hydrogen-bond acceptors (Lipinski definition) is 6. The van der Waals surface area contributed by atoms with E-state index in [9.17, 15) is 4.79 Å². The number of aromatic nitrogens is 3. The molecule has 34 heavy (non-hydrogen) atoms. The maximum absolute atomic E-state index is 13.2. The summed E-state index contributed by atoms with van der Waals surface area (Å²) in [5.41, 5.74) is 4.00. The van der Waals surface area contributed by atoms with Crippen LogP contribution in [-0.2, 0) is 11.3 Å². The van der Waals surface area contributed by atoms with Crippen LogP contribution in [0.1, 0.15) is 31.0 Å². The number of benzene rings is 1. The Kier molecular flexibility index (Phi) is 7.05. The van der Waals surface area contributed by atoms with E-state index in [4.69, 9.17) is 14.6 Å². The molecule has 1 aliphatic heterocycles. The fourth-order valence-corrected chi connectivity index (χ4v) is 4.31. The van der Waals surface area contributed by atoms with Gasteiger partial charge in [-0.2, -0.15) is 5.10 Å². The summed E-state index contributed by atoms with van der Waals surface area (Å²) >= 11 is 0. The molecule has 1 aromatic carbocycles. The molecule has 0 aliphatic carbocycles. The van der Waals surface area contributed by atoms with Crippen LogP contribution in [0.15, 0.2) is 42.6 Å². The molecule has 1 saturated heterocycles. The molecule has 3 heterocycles. The molecule has 1 fully saturated rings. The SMILES string of the molecule is COc1ccnc(N2CCN(C(=O)Cn3nc(-c4ccc(OC)c(C)c4)cc3C(C)C)CC2)c1. The van der Waals surface area contributed by atoms with Gasteiger partial charge in [0.25, 0.3) is 0 Å². The zero-order chi connectivity index (χ0) is 24.2. The van der Waals surface area contributed by atoms with Crippen molar-refractivity contribution in [3.63, 3.8) is 0 Å². The molecule has 0 spiro atoms. The molecular formula is C26H33N5O3. The second-order valence-electron chi connectivity index (χ2n) is 8.87. The summed E-state index contributed by atoms with van der Waals surface area (Å²) in [7, 11) is 3.32. The molecule has 8 nitrogen and oxygen atoms in total. The van der Waals surface area contributed by atoms with Crippen molar-refractivity contribution in [1.29, 1.82) is 0 Å². The normalized spacial score (nSPS) is 13.9. The van der Waals surface area contributed by atoms with Crippen LogP contribution in [0, 0.1) is 6.92 Å². The maximum Gasteiger partial charge on any atom is 0.244 e. The van der Waals surface area contributed by atoms with Gasteiger partial charge in [0, 0.05) is 49.7 Å². The Morgan fingerprint density at radius 1 is 1.03 bits per heavy atom. The second-order valence-corrected chi connectivity index (χ2v) is 8.87. The highest BCUT2D eigenvalue weighted by Gasteiger charge is 2.24. The third kappa shape index (κ3) is 5.00. The standard InChI is InChI=1S/C26H33N5O3/c1-18(2)23-16-22(20-6-7-24(34-5)19(3)14-20)28-31(23)17-26(32)30-12-10-29(11-13-30)25-15-21(33-4)8-9-27-25/h6-9,14-16,18H,10-13,17H2,1-5H3. The quantitative estimate of drug-likeness (QED) is 0.532. The summed E-state index contributed by atoms with van der Waals surface area (Å²) in [4.78, 5) is 21.7. The number of rotatable bonds is 7. The van der Waals surface area contributed by atoms with Gasteiger partial charge in [-0.1, -0.05) is 13.8 Å². The first-order valence-corrected chi connectivity index (χ1v) is 11.6. The third-order valence-electron chi connectivity index (χ3n) is 6.29. The average molecular weight is 464 g/mol. The molecule has 0 saturated carbocycles. The summed E-state index contributed by atoms with van der Waals surface area (Å²) in [6.45, 7) is 9.28. The van der Waals surface area contributed by atoms with Gasteiger partial charge in [-0.15, -0.1) is 0 Å². The second kappa shape index (κ2) is 10.2. The molecule has 8 heteroatoms. The number of carbonyl (C=O) groups is 1. The number of methoxy groups -OCH3 is 2. The fourth-order valence-electron chi connectivity index (χ4n) is 4.31. The van der Waals surface area contributed by atoms with Crippen molar-refractivity contribution in [2.45, 2.75) is 33.2 Å². The molecule has 180 valence electrons. The van der Waals surface area contributed by atoms with E-state index in [1.165, 1.54) is 0 Å². The Balaban J connectivity index is 1.45. The van der Waals surface area contributed by atoms with E-state index in [1.807, 2.05) is 40.8 Å². The number of anilines is 1. The van der Waals surface area contributed by atoms with E-state index >= 15 is 0 Å². The van der Waals surface area contributed by atoms with Gasteiger partial charge in [0.1, 0.15) is 23.9 Å². The van der Waals surface area contributed by atoms with Crippen molar-refractivity contribution in [3.8, 4) is 22.8 Å². The van der Waals surface area contributed by atoms with Crippen molar-refractivity contribution in [3.05, 3.63) is 53.9 Å². The van der Waals surface area contributed by atoms with Crippen LogP contribution < -0.4 is 14.4 Å². The van der Waals surface area contributed by atoms with Crippen molar-refractivity contribution >= 4 is 11.7 Å². The van der Waals surface area contributed by atoms with Crippen molar-refractivity contribution in [2.24, 2.45) is 0 Å². The van der Waals surface area contributed by atoms with Crippen LogP contribution in [0.5, 0.6) is 11.5 Å². The van der Waals surface area contributed by atoms with Crippen molar-refractivity contribution in [1.82, 2.24) is 19.7 Å². The summed E-state index contributed by atoms with van der Waals surface area (Å²) in [5.74, 6) is 2.85. The lowest BCUT2D eigenvalue weighted by molar-refractivity contribution is -0.132. The summed E-state index contributed by atoms with van der Waals surface area (Å²) in [6.07, 6.45) is 1.75. The molecule has 0 unspecified atom stereocenters. The van der Waals surface area contributed by atoms with Gasteiger partial charge in [0.05, 0.1) is 19.9 Å². The Hall–Kier alpha value is -3.55. The molecule has 0 radical (unpaired) electrons. The van der Waals surface area contributed by atoms with E-state index in [2.05, 4.69) is 35.9 Å². The summed E-state index contributed by atoms with van der Waals surface area (Å²) < 4.78 is 12.5. The highest BCUT2D eigenvalue weighted by molar-refractivity contribution is 5.76. The molecule has 0 bridgehead atoms. The van der Waals surface area contributed by atoms with Gasteiger partial charge >= 0.3 is 0 Å². The molecule has 1 amide bonds. The largest absolute Gasteiger partial charge is 0.497 e. The van der Waals surface area contributed by atoms with Crippen molar-refractivity contribution in [2.75, 3.05) is 45.3 Å². The number of carbonyl (C=O) groups excluding carboxylic acids is 1. The first-order chi connectivity index (χ1) is 16.4. The monoisotopic (exact) mass is 463 g/mol. The number of amides is 1. The lowest BCUT2D eigenvalue weighted by atomic mass is 10.1. The van der Waals surface area contributed by atoms with Gasteiger partial charge < -0.3 is 19.3 Å². The van der Waals surface area contributed by atoms with Crippen LogP contribution in [0.2, 0.25) is 0 Å². The van der Waals surface area contributed by atoms with E-state index in [0.717, 1.165) is 52.9 Å². The highest BCUT2D eigenvalue weighted by Crippen LogP contribution is 2.28. The number of hydrogen-bond donors (Lipinski definition) is 0. The molecule has 0 N–H and O–H groups in total. The number of pyridine rings is 1. The Morgan fingerprint density at radius 3 is 2.44 bits per heavy atom. The minimum Gasteiger partial charge on any atom is -0.497 e. The van der Waals surface area contributed by atoms with Gasteiger partial charge in [-0.25, -0.2) is 4.98 Å². The molecule has 2 aromatic heterocycles. The van der Waals surface area contributed by atoms with Gasteiger partial charge in [-0.05, 0) is 48.7 Å². The number of ether oxygens (including phenoxy) is 2. The predicted molar refractivity (Wildman–Crippen MR) is 133 cm³/mol. The molecule has 0 atom stereocenters. The zero-order valence-corrected chi connectivity index (χ0v) is 20.6. The van der Waals surface area contributed by atoms with Crippen LogP contribution in [-0.4, -0.2) is 66.0 Å². The van der Waals surface area contributed by atoms with Crippen LogP contribution >= 0.6 is 0 Å². The lowest BCUT2D eigenvalue weighted by Crippen LogP contribution is -2.50. The fraction of sp³-hybridized carbons (Fsp3) is 0.423. The molecule has 3 aromatic rings. The Labute approximate surface area is 201 Å². The first kappa shape index (κ1) is 23.6. The van der Waals surface area contributed by atoms with Crippen LogP contribution in [0.3, 0.4) is 0 Å². The van der Waals surface area contributed by atoms with E-state index in [-0.39, 0.29) is 18.4 Å². The summed E-state index contributed by atoms with van der Waals surface area (Å²) in [6, 6.07) is 11.9. The minimum absolute atomic E-state index is 0.0840. The molecule has 4 rings (SSSR count). The lowest BCUT2D eigenvalue weighted by Gasteiger charge is -2.35. The van der Waals surface area contributed by atoms with Gasteiger partial charge in [0.15, 0.2) is 0 Å². The smallest absolute Gasteiger partial charge is 0.244 e. The van der Waals surface area contributed by atoms with E-state index < -0.39 is 0 Å². The van der Waals surface area contributed by atoms with E-state index in [0.29, 0.717) is 13.1 Å². The highest BCUT2D eigenvalue weighted by atomic mass is 16.5. The molecule has 1 aliphatic rings. The molecular weight excluding hydrogens is 430 g/mol. The van der Waals surface area contributed by atoms with Crippen LogP contribution in [0.25, 0.3) is 11.3 Å². The first-order valence-electron chi connectivity index (χ1n) is 11.6. The zero-order valence-electron chi connectivity index (χ0n) is 20.6. The van der Waals surface area contributed by atoms with E-state index in [1.54, 1.807) is 20.4 Å². The number of aryl methyl sites for hydroxylation is 1. The predicted octanol–water partition coefficient (Wildman–Crippen LogP) is 3.74. The Bertz CT molecular complexity index is 1150. The average Bonchev–Trinajstić information content (AvgIpc) is 3.28. The van der Waals surface area contributed by atoms with Crippen LogP contribution in [0.4, 0.5) is 5.82 Å². The van der Waals surface area contributed by atoms with Crippen molar-refractivity contribution < 1.29 is 14.3 Å². The Morgan fingerprint density at radius 2 is 1.79 bits per heavy atom.